The van der Waals surface area contributed by atoms with E-state index in [9.17, 15) is 12.8 Å². The van der Waals surface area contributed by atoms with E-state index in [0.29, 0.717) is 16.9 Å². The third-order valence-electron chi connectivity index (χ3n) is 4.02. The average molecular weight is 401 g/mol. The summed E-state index contributed by atoms with van der Waals surface area (Å²) in [4.78, 5) is 4.19. The Labute approximate surface area is 163 Å². The number of methoxy groups -OCH3 is 1. The van der Waals surface area contributed by atoms with Crippen LogP contribution < -0.4 is 9.46 Å². The minimum atomic E-state index is -3.65. The van der Waals surface area contributed by atoms with Crippen molar-refractivity contribution in [3.8, 4) is 11.4 Å². The summed E-state index contributed by atoms with van der Waals surface area (Å²) in [6, 6.07) is 11.0. The molecule has 3 aromatic rings. The Morgan fingerprint density at radius 2 is 1.96 bits per heavy atom. The zero-order valence-electron chi connectivity index (χ0n) is 15.5. The highest BCUT2D eigenvalue weighted by Gasteiger charge is 2.08. The third kappa shape index (κ3) is 5.05. The topological polar surface area (TPSA) is 73.2 Å². The monoisotopic (exact) mass is 401 g/mol. The largest absolute Gasteiger partial charge is 0.495 e. The van der Waals surface area contributed by atoms with Gasteiger partial charge in [0.05, 0.1) is 24.8 Å². The lowest BCUT2D eigenvalue weighted by atomic mass is 10.2. The van der Waals surface area contributed by atoms with Crippen LogP contribution >= 0.6 is 0 Å². The average Bonchev–Trinajstić information content (AvgIpc) is 3.12. The molecule has 0 aliphatic rings. The Hall–Kier alpha value is -2.97. The van der Waals surface area contributed by atoms with Gasteiger partial charge in [-0.25, -0.2) is 22.5 Å². The number of nitrogens with zero attached hydrogens (tertiary/aromatic N) is 2. The fourth-order valence-electron chi connectivity index (χ4n) is 2.57. The van der Waals surface area contributed by atoms with Crippen molar-refractivity contribution in [1.82, 2.24) is 14.3 Å². The summed E-state index contributed by atoms with van der Waals surface area (Å²) in [7, 11) is -2.09. The minimum Gasteiger partial charge on any atom is -0.495 e. The Bertz CT molecular complexity index is 1090. The number of aryl methyl sites for hydroxylation is 1. The van der Waals surface area contributed by atoms with Gasteiger partial charge < -0.3 is 9.30 Å². The lowest BCUT2D eigenvalue weighted by molar-refractivity contribution is 0.413. The summed E-state index contributed by atoms with van der Waals surface area (Å²) in [5.41, 5.74) is 3.02. The SMILES string of the molecule is COc1cc(/C=C/S(=O)(=O)NCc2ccc(F)cc2)ccc1-n1cnc(C)c1. The van der Waals surface area contributed by atoms with Gasteiger partial charge in [0.15, 0.2) is 0 Å². The maximum Gasteiger partial charge on any atom is 0.234 e. The van der Waals surface area contributed by atoms with Crippen molar-refractivity contribution in [2.75, 3.05) is 7.11 Å². The highest BCUT2D eigenvalue weighted by atomic mass is 32.2. The fourth-order valence-corrected chi connectivity index (χ4v) is 3.37. The van der Waals surface area contributed by atoms with E-state index in [4.69, 9.17) is 4.74 Å². The van der Waals surface area contributed by atoms with Crippen LogP contribution in [0.2, 0.25) is 0 Å². The van der Waals surface area contributed by atoms with Crippen molar-refractivity contribution in [2.24, 2.45) is 0 Å². The van der Waals surface area contributed by atoms with Crippen molar-refractivity contribution >= 4 is 16.1 Å². The lowest BCUT2D eigenvalue weighted by Crippen LogP contribution is -2.20. The fraction of sp³-hybridized carbons (Fsp3) is 0.150. The number of imidazole rings is 1. The predicted molar refractivity (Wildman–Crippen MR) is 106 cm³/mol. The molecule has 0 atom stereocenters. The quantitative estimate of drug-likeness (QED) is 0.658. The highest BCUT2D eigenvalue weighted by molar-refractivity contribution is 7.92. The molecule has 0 saturated heterocycles. The Morgan fingerprint density at radius 3 is 2.61 bits per heavy atom. The molecule has 1 N–H and O–H groups in total. The van der Waals surface area contributed by atoms with Gasteiger partial charge in [-0.15, -0.1) is 0 Å². The smallest absolute Gasteiger partial charge is 0.234 e. The summed E-state index contributed by atoms with van der Waals surface area (Å²) in [6.07, 6.45) is 5.04. The predicted octanol–water partition coefficient (Wildman–Crippen LogP) is 3.42. The van der Waals surface area contributed by atoms with Crippen LogP contribution in [0.1, 0.15) is 16.8 Å². The van der Waals surface area contributed by atoms with Gasteiger partial charge >= 0.3 is 0 Å². The summed E-state index contributed by atoms with van der Waals surface area (Å²) < 4.78 is 47.0. The summed E-state index contributed by atoms with van der Waals surface area (Å²) in [5.74, 6) is 0.228. The summed E-state index contributed by atoms with van der Waals surface area (Å²) in [6.45, 7) is 1.97. The van der Waals surface area contributed by atoms with Crippen LogP contribution in [0.5, 0.6) is 5.75 Å². The van der Waals surface area contributed by atoms with Crippen LogP contribution in [-0.4, -0.2) is 25.1 Å². The number of nitrogens with one attached hydrogen (secondary N) is 1. The van der Waals surface area contributed by atoms with Crippen LogP contribution in [-0.2, 0) is 16.6 Å². The van der Waals surface area contributed by atoms with Gasteiger partial charge in [-0.05, 0) is 48.4 Å². The van der Waals surface area contributed by atoms with Crippen LogP contribution in [0.3, 0.4) is 0 Å². The second kappa shape index (κ2) is 8.37. The summed E-state index contributed by atoms with van der Waals surface area (Å²) in [5, 5.41) is 1.09. The number of sulfonamides is 1. The first kappa shape index (κ1) is 19.8. The maximum absolute atomic E-state index is 12.9. The van der Waals surface area contributed by atoms with E-state index in [1.807, 2.05) is 23.8 Å². The zero-order chi connectivity index (χ0) is 20.1. The van der Waals surface area contributed by atoms with E-state index < -0.39 is 10.0 Å². The normalized spacial score (nSPS) is 11.8. The zero-order valence-corrected chi connectivity index (χ0v) is 16.3. The van der Waals surface area contributed by atoms with Gasteiger partial charge in [0.1, 0.15) is 11.6 Å². The van der Waals surface area contributed by atoms with Gasteiger partial charge in [-0.2, -0.15) is 0 Å². The molecule has 2 aromatic carbocycles. The molecule has 28 heavy (non-hydrogen) atoms. The molecule has 146 valence electrons. The van der Waals surface area contributed by atoms with Gasteiger partial charge in [-0.3, -0.25) is 0 Å². The van der Waals surface area contributed by atoms with E-state index >= 15 is 0 Å². The van der Waals surface area contributed by atoms with Gasteiger partial charge in [-0.1, -0.05) is 18.2 Å². The lowest BCUT2D eigenvalue weighted by Gasteiger charge is -2.10. The van der Waals surface area contributed by atoms with Crippen molar-refractivity contribution < 1.29 is 17.5 Å². The molecular weight excluding hydrogens is 381 g/mol. The highest BCUT2D eigenvalue weighted by Crippen LogP contribution is 2.25. The second-order valence-corrected chi connectivity index (χ2v) is 7.80. The molecule has 0 bridgehead atoms. The standard InChI is InChI=1S/C20H20FN3O3S/c1-15-13-24(14-22-15)19-8-5-16(11-20(19)27-2)9-10-28(25,26)23-12-17-3-6-18(21)7-4-17/h3-11,13-14,23H,12H2,1-2H3/b10-9+. The molecule has 1 aromatic heterocycles. The van der Waals surface area contributed by atoms with Gasteiger partial charge in [0.25, 0.3) is 0 Å². The molecule has 0 saturated carbocycles. The molecule has 6 nitrogen and oxygen atoms in total. The first-order valence-corrected chi connectivity index (χ1v) is 10.0. The van der Waals surface area contributed by atoms with Crippen molar-refractivity contribution in [3.05, 3.63) is 83.0 Å². The Kier molecular flexibility index (Phi) is 5.91. The van der Waals surface area contributed by atoms with Crippen molar-refractivity contribution in [1.29, 1.82) is 0 Å². The van der Waals surface area contributed by atoms with Crippen molar-refractivity contribution in [3.63, 3.8) is 0 Å². The molecule has 0 aliphatic carbocycles. The first-order chi connectivity index (χ1) is 13.4. The molecule has 0 radical (unpaired) electrons. The van der Waals surface area contributed by atoms with E-state index in [0.717, 1.165) is 16.8 Å². The number of aromatic nitrogens is 2. The van der Waals surface area contributed by atoms with Gasteiger partial charge in [0.2, 0.25) is 10.0 Å². The second-order valence-electron chi connectivity index (χ2n) is 6.15. The molecule has 0 spiro atoms. The molecule has 0 amide bonds. The van der Waals surface area contributed by atoms with Crippen LogP contribution in [0.4, 0.5) is 4.39 Å². The molecule has 1 heterocycles. The molecule has 3 rings (SSSR count). The van der Waals surface area contributed by atoms with Crippen LogP contribution in [0, 0.1) is 12.7 Å². The minimum absolute atomic E-state index is 0.0786. The number of hydrogen-bond acceptors (Lipinski definition) is 4. The van der Waals surface area contributed by atoms with E-state index in [1.165, 1.54) is 30.3 Å². The Morgan fingerprint density at radius 1 is 1.21 bits per heavy atom. The number of halogens is 1. The Balaban J connectivity index is 1.72. The first-order valence-electron chi connectivity index (χ1n) is 8.47. The van der Waals surface area contributed by atoms with Crippen LogP contribution in [0.15, 0.2) is 60.4 Å². The number of benzene rings is 2. The van der Waals surface area contributed by atoms with Crippen molar-refractivity contribution in [2.45, 2.75) is 13.5 Å². The summed E-state index contributed by atoms with van der Waals surface area (Å²) >= 11 is 0. The molecular formula is C20H20FN3O3S. The molecule has 0 unspecified atom stereocenters. The maximum atomic E-state index is 12.9. The van der Waals surface area contributed by atoms with E-state index in [2.05, 4.69) is 9.71 Å². The molecule has 0 aliphatic heterocycles. The number of ether oxygens (including phenoxy) is 1. The van der Waals surface area contributed by atoms with E-state index in [-0.39, 0.29) is 12.4 Å². The number of hydrogen-bond donors (Lipinski definition) is 1. The molecule has 8 heteroatoms. The van der Waals surface area contributed by atoms with E-state index in [1.54, 1.807) is 25.6 Å². The van der Waals surface area contributed by atoms with Crippen LogP contribution in [0.25, 0.3) is 11.8 Å². The number of rotatable bonds is 7. The molecule has 0 fully saturated rings. The third-order valence-corrected chi connectivity index (χ3v) is 5.07. The van der Waals surface area contributed by atoms with Gasteiger partial charge in [0, 0.05) is 18.1 Å².